The van der Waals surface area contributed by atoms with Gasteiger partial charge in [0.25, 0.3) is 11.8 Å². The molecular weight excluding hydrogens is 477 g/mol. The van der Waals surface area contributed by atoms with Gasteiger partial charge in [0.05, 0.1) is 12.6 Å². The highest BCUT2D eigenvalue weighted by atomic mass is 19.1. The van der Waals surface area contributed by atoms with E-state index in [4.69, 9.17) is 0 Å². The van der Waals surface area contributed by atoms with Crippen LogP contribution in [0.5, 0.6) is 5.75 Å². The molecule has 37 heavy (non-hydrogen) atoms. The van der Waals surface area contributed by atoms with Crippen LogP contribution in [0.3, 0.4) is 0 Å². The fourth-order valence-electron chi connectivity index (χ4n) is 4.55. The molecule has 9 heteroatoms. The first-order valence-electron chi connectivity index (χ1n) is 12.8. The van der Waals surface area contributed by atoms with Crippen LogP contribution < -0.4 is 10.6 Å². The number of nitrogens with one attached hydrogen (secondary N) is 2. The summed E-state index contributed by atoms with van der Waals surface area (Å²) in [6.45, 7) is 3.76. The third-order valence-electron chi connectivity index (χ3n) is 6.71. The van der Waals surface area contributed by atoms with Crippen LogP contribution in [0.25, 0.3) is 0 Å². The van der Waals surface area contributed by atoms with Crippen molar-refractivity contribution in [2.75, 3.05) is 13.1 Å². The van der Waals surface area contributed by atoms with Crippen molar-refractivity contribution >= 4 is 17.7 Å². The summed E-state index contributed by atoms with van der Waals surface area (Å²) >= 11 is 0. The molecule has 200 valence electrons. The zero-order valence-electron chi connectivity index (χ0n) is 21.3. The van der Waals surface area contributed by atoms with Crippen LogP contribution in [-0.2, 0) is 16.0 Å². The standard InChI is InChI=1S/C28H36FN3O5/c1-3-4-8-14-30-27(36)23-16-20(29)17-32(23)28(37)25(34)22(15-19-10-6-5-7-11-19)31-26(35)21-12-9-13-24(33)18(21)2/h5-7,9-13,20,22-23,25,33-34H,3-4,8,14-17H2,1-2H3,(H,30,36)(H,31,35)/t20-,22+,23+,25+/m1/s1. The monoisotopic (exact) mass is 513 g/mol. The Morgan fingerprint density at radius 2 is 1.84 bits per heavy atom. The molecular formula is C28H36FN3O5. The van der Waals surface area contributed by atoms with Gasteiger partial charge in [-0.05, 0) is 37.5 Å². The minimum absolute atomic E-state index is 0.0530. The second-order valence-electron chi connectivity index (χ2n) is 9.50. The molecule has 3 rings (SSSR count). The van der Waals surface area contributed by atoms with Gasteiger partial charge in [-0.25, -0.2) is 4.39 Å². The lowest BCUT2D eigenvalue weighted by Crippen LogP contribution is -2.56. The van der Waals surface area contributed by atoms with E-state index in [1.165, 1.54) is 18.2 Å². The quantitative estimate of drug-likeness (QED) is 0.345. The fourth-order valence-corrected chi connectivity index (χ4v) is 4.55. The van der Waals surface area contributed by atoms with Gasteiger partial charge in [0.15, 0.2) is 6.10 Å². The summed E-state index contributed by atoms with van der Waals surface area (Å²) in [5, 5.41) is 26.6. The highest BCUT2D eigenvalue weighted by Crippen LogP contribution is 2.24. The largest absolute Gasteiger partial charge is 0.508 e. The molecule has 4 N–H and O–H groups in total. The molecule has 1 saturated heterocycles. The molecule has 0 spiro atoms. The molecule has 8 nitrogen and oxygen atoms in total. The smallest absolute Gasteiger partial charge is 0.254 e. The van der Waals surface area contributed by atoms with Crippen molar-refractivity contribution in [2.24, 2.45) is 0 Å². The number of amides is 3. The molecule has 4 atom stereocenters. The van der Waals surface area contributed by atoms with Gasteiger partial charge in [0.1, 0.15) is 18.0 Å². The lowest BCUT2D eigenvalue weighted by molar-refractivity contribution is -0.146. The zero-order chi connectivity index (χ0) is 26.9. The Labute approximate surface area is 216 Å². The Morgan fingerprint density at radius 1 is 1.11 bits per heavy atom. The highest BCUT2D eigenvalue weighted by molar-refractivity contribution is 5.97. The molecule has 1 aliphatic heterocycles. The number of carbonyl (C=O) groups is 3. The van der Waals surface area contributed by atoms with E-state index in [0.29, 0.717) is 12.1 Å². The lowest BCUT2D eigenvalue weighted by Gasteiger charge is -2.30. The van der Waals surface area contributed by atoms with Crippen molar-refractivity contribution < 1.29 is 29.0 Å². The van der Waals surface area contributed by atoms with Crippen molar-refractivity contribution in [3.05, 3.63) is 65.2 Å². The molecule has 3 amide bonds. The third kappa shape index (κ3) is 7.29. The number of aliphatic hydroxyl groups is 1. The molecule has 0 radical (unpaired) electrons. The number of phenolic OH excluding ortho intramolecular Hbond substituents is 1. The summed E-state index contributed by atoms with van der Waals surface area (Å²) in [6, 6.07) is 11.5. The van der Waals surface area contributed by atoms with Crippen LogP contribution in [0, 0.1) is 6.92 Å². The summed E-state index contributed by atoms with van der Waals surface area (Å²) in [4.78, 5) is 40.3. The average Bonchev–Trinajstić information content (AvgIpc) is 3.29. The summed E-state index contributed by atoms with van der Waals surface area (Å²) in [5.74, 6) is -1.89. The summed E-state index contributed by atoms with van der Waals surface area (Å²) < 4.78 is 14.4. The maximum atomic E-state index is 14.4. The van der Waals surface area contributed by atoms with E-state index in [-0.39, 0.29) is 30.7 Å². The van der Waals surface area contributed by atoms with Crippen LogP contribution in [0.4, 0.5) is 4.39 Å². The number of hydrogen-bond donors (Lipinski definition) is 4. The first kappa shape index (κ1) is 28.1. The van der Waals surface area contributed by atoms with E-state index in [0.717, 1.165) is 29.7 Å². The van der Waals surface area contributed by atoms with E-state index in [9.17, 15) is 29.0 Å². The number of phenols is 1. The first-order valence-corrected chi connectivity index (χ1v) is 12.8. The van der Waals surface area contributed by atoms with Gasteiger partial charge in [-0.3, -0.25) is 14.4 Å². The van der Waals surface area contributed by atoms with Gasteiger partial charge in [-0.2, -0.15) is 0 Å². The van der Waals surface area contributed by atoms with Crippen LogP contribution in [0.2, 0.25) is 0 Å². The van der Waals surface area contributed by atoms with Gasteiger partial charge in [0.2, 0.25) is 5.91 Å². The molecule has 2 aromatic rings. The normalized spacial score (nSPS) is 18.8. The van der Waals surface area contributed by atoms with Gasteiger partial charge in [0, 0.05) is 24.1 Å². The molecule has 0 aromatic heterocycles. The Morgan fingerprint density at radius 3 is 2.54 bits per heavy atom. The number of carbonyl (C=O) groups excluding carboxylic acids is 3. The van der Waals surface area contributed by atoms with Crippen molar-refractivity contribution in [2.45, 2.75) is 70.3 Å². The van der Waals surface area contributed by atoms with E-state index in [1.54, 1.807) is 31.2 Å². The predicted octanol–water partition coefficient (Wildman–Crippen LogP) is 2.65. The molecule has 0 bridgehead atoms. The van der Waals surface area contributed by atoms with Crippen LogP contribution in [-0.4, -0.2) is 70.3 Å². The van der Waals surface area contributed by atoms with Crippen molar-refractivity contribution in [3.8, 4) is 5.75 Å². The van der Waals surface area contributed by atoms with Crippen LogP contribution in [0.1, 0.15) is 54.1 Å². The maximum Gasteiger partial charge on any atom is 0.254 e. The van der Waals surface area contributed by atoms with E-state index in [1.807, 2.05) is 13.0 Å². The Kier molecular flexibility index (Phi) is 10.0. The third-order valence-corrected chi connectivity index (χ3v) is 6.71. The van der Waals surface area contributed by atoms with Crippen molar-refractivity contribution in [3.63, 3.8) is 0 Å². The molecule has 1 fully saturated rings. The van der Waals surface area contributed by atoms with Gasteiger partial charge in [-0.15, -0.1) is 0 Å². The second kappa shape index (κ2) is 13.2. The molecule has 1 aliphatic rings. The van der Waals surface area contributed by atoms with Crippen molar-refractivity contribution in [1.82, 2.24) is 15.5 Å². The summed E-state index contributed by atoms with van der Waals surface area (Å²) in [6.07, 6.45) is -0.419. The van der Waals surface area contributed by atoms with Crippen LogP contribution in [0.15, 0.2) is 48.5 Å². The highest BCUT2D eigenvalue weighted by Gasteiger charge is 2.43. The second-order valence-corrected chi connectivity index (χ2v) is 9.50. The fraction of sp³-hybridized carbons (Fsp3) is 0.464. The topological polar surface area (TPSA) is 119 Å². The molecule has 0 saturated carbocycles. The summed E-state index contributed by atoms with van der Waals surface area (Å²) in [5.41, 5.74) is 1.33. The van der Waals surface area contributed by atoms with Gasteiger partial charge >= 0.3 is 0 Å². The summed E-state index contributed by atoms with van der Waals surface area (Å²) in [7, 11) is 0. The lowest BCUT2D eigenvalue weighted by atomic mass is 9.98. The zero-order valence-corrected chi connectivity index (χ0v) is 21.3. The van der Waals surface area contributed by atoms with E-state index >= 15 is 0 Å². The van der Waals surface area contributed by atoms with Gasteiger partial charge in [-0.1, -0.05) is 56.2 Å². The van der Waals surface area contributed by atoms with E-state index in [2.05, 4.69) is 10.6 Å². The number of nitrogens with zero attached hydrogens (tertiary/aromatic N) is 1. The predicted molar refractivity (Wildman–Crippen MR) is 138 cm³/mol. The van der Waals surface area contributed by atoms with Gasteiger partial charge < -0.3 is 25.7 Å². The Balaban J connectivity index is 1.79. The molecule has 2 aromatic carbocycles. The number of unbranched alkanes of at least 4 members (excludes halogenated alkanes) is 2. The number of aliphatic hydroxyl groups excluding tert-OH is 1. The minimum Gasteiger partial charge on any atom is -0.508 e. The Hall–Kier alpha value is -3.46. The van der Waals surface area contributed by atoms with Crippen LogP contribution >= 0.6 is 0 Å². The van der Waals surface area contributed by atoms with Crippen molar-refractivity contribution in [1.29, 1.82) is 0 Å². The average molecular weight is 514 g/mol. The number of hydrogen-bond acceptors (Lipinski definition) is 5. The van der Waals surface area contributed by atoms with E-state index < -0.39 is 42.1 Å². The first-order chi connectivity index (χ1) is 17.7. The number of halogens is 1. The number of aromatic hydroxyl groups is 1. The maximum absolute atomic E-state index is 14.4. The SMILES string of the molecule is CCCCCNC(=O)[C@@H]1C[C@@H](F)CN1C(=O)[C@@H](O)[C@H](Cc1ccccc1)NC(=O)c1cccc(O)c1C. The molecule has 0 unspecified atom stereocenters. The molecule has 0 aliphatic carbocycles. The number of rotatable bonds is 11. The number of likely N-dealkylation sites (tertiary alicyclic amines) is 1. The molecule has 1 heterocycles. The minimum atomic E-state index is -1.72. The number of benzene rings is 2. The Bertz CT molecular complexity index is 1080. The number of alkyl halides is 1.